The first-order chi connectivity index (χ1) is 12.7. The van der Waals surface area contributed by atoms with Crippen LogP contribution >= 0.6 is 0 Å². The molecule has 0 aromatic heterocycles. The van der Waals surface area contributed by atoms with Crippen LogP contribution in [0.4, 0.5) is 17.1 Å². The maximum absolute atomic E-state index is 12.8. The van der Waals surface area contributed by atoms with Crippen molar-refractivity contribution in [1.29, 1.82) is 0 Å². The quantitative estimate of drug-likeness (QED) is 0.856. The van der Waals surface area contributed by atoms with Gasteiger partial charge in [0.15, 0.2) is 0 Å². The molecule has 0 unspecified atom stereocenters. The smallest absolute Gasteiger partial charge is 0.286 e. The number of carbonyl (C=O) groups excluding carboxylic acids is 1. The van der Waals surface area contributed by atoms with E-state index in [-0.39, 0.29) is 22.6 Å². The molecule has 1 amide bonds. The third kappa shape index (κ3) is 3.73. The van der Waals surface area contributed by atoms with Gasteiger partial charge in [0.25, 0.3) is 10.0 Å². The molecule has 0 radical (unpaired) electrons. The van der Waals surface area contributed by atoms with Gasteiger partial charge < -0.3 is 5.32 Å². The van der Waals surface area contributed by atoms with Crippen molar-refractivity contribution in [2.24, 2.45) is 16.2 Å². The van der Waals surface area contributed by atoms with Gasteiger partial charge in [-0.05, 0) is 30.3 Å². The molecule has 7 heteroatoms. The molecular weight excluding hydrogens is 362 g/mol. The van der Waals surface area contributed by atoms with E-state index in [1.165, 1.54) is 6.07 Å². The Kier molecular flexibility index (Phi) is 5.06. The predicted molar refractivity (Wildman–Crippen MR) is 108 cm³/mol. The highest BCUT2D eigenvalue weighted by atomic mass is 32.2. The van der Waals surface area contributed by atoms with Crippen LogP contribution < -0.4 is 10.2 Å². The Labute approximate surface area is 160 Å². The number of amides is 1. The largest absolute Gasteiger partial charge is 0.326 e. The molecule has 0 saturated carbocycles. The van der Waals surface area contributed by atoms with E-state index >= 15 is 0 Å². The maximum Gasteiger partial charge on any atom is 0.286 e. The minimum Gasteiger partial charge on any atom is -0.326 e. The summed E-state index contributed by atoms with van der Waals surface area (Å²) < 4.78 is 29.7. The van der Waals surface area contributed by atoms with Crippen molar-refractivity contribution in [2.45, 2.75) is 32.6 Å². The number of fused-ring (bicyclic) bond motifs is 1. The number of nitrogens with one attached hydrogen (secondary N) is 1. The first kappa shape index (κ1) is 19.1. The van der Waals surface area contributed by atoms with Crippen molar-refractivity contribution < 1.29 is 13.2 Å². The summed E-state index contributed by atoms with van der Waals surface area (Å²) in [5.41, 5.74) is 1.80. The predicted octanol–water partition coefficient (Wildman–Crippen LogP) is 4.18. The fraction of sp³-hybridized carbons (Fsp3) is 0.300. The Morgan fingerprint density at radius 1 is 1.04 bits per heavy atom. The molecule has 2 aromatic rings. The van der Waals surface area contributed by atoms with Crippen LogP contribution in [0.15, 0.2) is 57.8 Å². The highest BCUT2D eigenvalue weighted by Gasteiger charge is 2.33. The number of para-hydroxylation sites is 1. The normalized spacial score (nSPS) is 15.5. The summed E-state index contributed by atoms with van der Waals surface area (Å²) in [4.78, 5) is 13.9. The Bertz CT molecular complexity index is 996. The van der Waals surface area contributed by atoms with Crippen LogP contribution in [0.25, 0.3) is 0 Å². The number of anilines is 3. The number of amidine groups is 1. The number of nitrogens with zero attached hydrogens (tertiary/aromatic N) is 2. The van der Waals surface area contributed by atoms with Gasteiger partial charge in [-0.1, -0.05) is 45.9 Å². The third-order valence-corrected chi connectivity index (χ3v) is 5.55. The zero-order chi connectivity index (χ0) is 19.8. The second-order valence-electron chi connectivity index (χ2n) is 7.08. The molecule has 1 N–H and O–H groups in total. The summed E-state index contributed by atoms with van der Waals surface area (Å²) in [6.45, 7) is 7.38. The molecule has 0 spiro atoms. The summed E-state index contributed by atoms with van der Waals surface area (Å²) in [7, 11) is -3.86. The van der Waals surface area contributed by atoms with Crippen LogP contribution in [0.1, 0.15) is 27.7 Å². The molecule has 0 fully saturated rings. The minimum atomic E-state index is -3.86. The SMILES string of the molecule is CC(C)C(=O)Nc1ccc2c(c1)S(=O)(=O)N=C(C(C)C)N2c1ccccc1. The highest BCUT2D eigenvalue weighted by molar-refractivity contribution is 7.90. The molecule has 2 aromatic carbocycles. The van der Waals surface area contributed by atoms with Gasteiger partial charge in [-0.15, -0.1) is 4.40 Å². The Morgan fingerprint density at radius 2 is 1.70 bits per heavy atom. The molecule has 0 saturated heterocycles. The molecule has 0 atom stereocenters. The number of rotatable bonds is 4. The van der Waals surface area contributed by atoms with Gasteiger partial charge in [-0.3, -0.25) is 9.69 Å². The lowest BCUT2D eigenvalue weighted by Crippen LogP contribution is -2.35. The van der Waals surface area contributed by atoms with Crippen LogP contribution in [0.2, 0.25) is 0 Å². The lowest BCUT2D eigenvalue weighted by atomic mass is 10.1. The van der Waals surface area contributed by atoms with Gasteiger partial charge in [0, 0.05) is 23.2 Å². The number of benzene rings is 2. The molecule has 3 rings (SSSR count). The van der Waals surface area contributed by atoms with E-state index in [0.29, 0.717) is 17.2 Å². The van der Waals surface area contributed by atoms with Gasteiger partial charge in [-0.2, -0.15) is 8.42 Å². The van der Waals surface area contributed by atoms with E-state index in [0.717, 1.165) is 5.69 Å². The van der Waals surface area contributed by atoms with Crippen LogP contribution in [-0.4, -0.2) is 20.2 Å². The van der Waals surface area contributed by atoms with Crippen molar-refractivity contribution >= 4 is 38.8 Å². The molecule has 0 bridgehead atoms. The zero-order valence-corrected chi connectivity index (χ0v) is 16.6. The Balaban J connectivity index is 2.16. The van der Waals surface area contributed by atoms with E-state index in [4.69, 9.17) is 0 Å². The van der Waals surface area contributed by atoms with Crippen molar-refractivity contribution in [3.05, 3.63) is 48.5 Å². The summed E-state index contributed by atoms with van der Waals surface area (Å²) >= 11 is 0. The van der Waals surface area contributed by atoms with E-state index in [9.17, 15) is 13.2 Å². The van der Waals surface area contributed by atoms with Crippen molar-refractivity contribution in [3.8, 4) is 0 Å². The molecule has 142 valence electrons. The molecule has 6 nitrogen and oxygen atoms in total. The molecule has 1 aliphatic heterocycles. The molecular formula is C20H23N3O3S. The summed E-state index contributed by atoms with van der Waals surface area (Å²) in [6.07, 6.45) is 0. The molecule has 1 heterocycles. The van der Waals surface area contributed by atoms with Crippen LogP contribution in [-0.2, 0) is 14.8 Å². The van der Waals surface area contributed by atoms with Gasteiger partial charge in [0.2, 0.25) is 5.91 Å². The zero-order valence-electron chi connectivity index (χ0n) is 15.8. The second kappa shape index (κ2) is 7.15. The lowest BCUT2D eigenvalue weighted by molar-refractivity contribution is -0.118. The van der Waals surface area contributed by atoms with E-state index in [1.807, 2.05) is 49.1 Å². The lowest BCUT2D eigenvalue weighted by Gasteiger charge is -2.33. The van der Waals surface area contributed by atoms with Crippen molar-refractivity contribution in [1.82, 2.24) is 0 Å². The Morgan fingerprint density at radius 3 is 2.30 bits per heavy atom. The van der Waals surface area contributed by atoms with Crippen LogP contribution in [0, 0.1) is 11.8 Å². The number of hydrogen-bond donors (Lipinski definition) is 1. The Hall–Kier alpha value is -2.67. The van der Waals surface area contributed by atoms with Crippen molar-refractivity contribution in [3.63, 3.8) is 0 Å². The van der Waals surface area contributed by atoms with Crippen LogP contribution in [0.5, 0.6) is 0 Å². The topological polar surface area (TPSA) is 78.8 Å². The first-order valence-corrected chi connectivity index (χ1v) is 10.3. The summed E-state index contributed by atoms with van der Waals surface area (Å²) in [5.74, 6) is -0.000387. The van der Waals surface area contributed by atoms with Gasteiger partial charge in [0.1, 0.15) is 10.7 Å². The number of carbonyl (C=O) groups is 1. The van der Waals surface area contributed by atoms with E-state index < -0.39 is 10.0 Å². The highest BCUT2D eigenvalue weighted by Crippen LogP contribution is 2.39. The van der Waals surface area contributed by atoms with Gasteiger partial charge in [-0.25, -0.2) is 0 Å². The first-order valence-electron chi connectivity index (χ1n) is 8.85. The molecule has 0 aliphatic carbocycles. The average molecular weight is 385 g/mol. The maximum atomic E-state index is 12.8. The number of hydrogen-bond acceptors (Lipinski definition) is 4. The van der Waals surface area contributed by atoms with E-state index in [1.54, 1.807) is 26.0 Å². The summed E-state index contributed by atoms with van der Waals surface area (Å²) in [6, 6.07) is 14.4. The number of sulfonamides is 1. The van der Waals surface area contributed by atoms with Gasteiger partial charge in [0.05, 0.1) is 5.69 Å². The van der Waals surface area contributed by atoms with E-state index in [2.05, 4.69) is 9.71 Å². The fourth-order valence-electron chi connectivity index (χ4n) is 2.82. The van der Waals surface area contributed by atoms with Gasteiger partial charge >= 0.3 is 0 Å². The second-order valence-corrected chi connectivity index (χ2v) is 8.65. The molecule has 1 aliphatic rings. The van der Waals surface area contributed by atoms with Crippen LogP contribution in [0.3, 0.4) is 0 Å². The molecule has 27 heavy (non-hydrogen) atoms. The monoisotopic (exact) mass is 385 g/mol. The average Bonchev–Trinajstić information content (AvgIpc) is 2.62. The fourth-order valence-corrected chi connectivity index (χ4v) is 4.15. The van der Waals surface area contributed by atoms with Crippen molar-refractivity contribution in [2.75, 3.05) is 10.2 Å². The third-order valence-electron chi connectivity index (χ3n) is 4.24. The standard InChI is InChI=1S/C20H23N3O3S/c1-13(2)19-22-27(25,26)18-12-15(21-20(24)14(3)4)10-11-17(18)23(19)16-8-6-5-7-9-16/h5-14H,1-4H3,(H,21,24). The minimum absolute atomic E-state index is 0.0808. The summed E-state index contributed by atoms with van der Waals surface area (Å²) in [5, 5.41) is 2.75.